The molecule has 1 heterocycles. The molecule has 0 aromatic carbocycles. The molecule has 10 heavy (non-hydrogen) atoms. The first-order valence-corrected chi connectivity index (χ1v) is 3.40. The van der Waals surface area contributed by atoms with E-state index in [-0.39, 0.29) is 5.71 Å². The molecular formula is C6H4NO2S. The second-order valence-electron chi connectivity index (χ2n) is 1.53. The Labute approximate surface area is 61.6 Å². The van der Waals surface area contributed by atoms with E-state index in [0.29, 0.717) is 4.88 Å². The molecule has 0 fully saturated rings. The van der Waals surface area contributed by atoms with E-state index in [2.05, 4.69) is 5.16 Å². The predicted octanol–water partition coefficient (Wildman–Crippen LogP) is 1.04. The van der Waals surface area contributed by atoms with Gasteiger partial charge in [0.25, 0.3) is 6.29 Å². The Kier molecular flexibility index (Phi) is 2.17. The third-order valence-electron chi connectivity index (χ3n) is 0.951. The van der Waals surface area contributed by atoms with Crippen LogP contribution in [0, 0.1) is 0 Å². The predicted molar refractivity (Wildman–Crippen MR) is 38.3 cm³/mol. The smallest absolute Gasteiger partial charge is 0.258 e. The molecular weight excluding hydrogens is 150 g/mol. The van der Waals surface area contributed by atoms with Crippen LogP contribution in [0.4, 0.5) is 0 Å². The Balaban J connectivity index is 2.95. The van der Waals surface area contributed by atoms with Gasteiger partial charge in [0, 0.05) is 0 Å². The van der Waals surface area contributed by atoms with Crippen molar-refractivity contribution in [1.29, 1.82) is 0 Å². The first-order chi connectivity index (χ1) is 4.88. The quantitative estimate of drug-likeness (QED) is 0.393. The molecule has 0 unspecified atom stereocenters. The fourth-order valence-electron chi connectivity index (χ4n) is 0.533. The van der Waals surface area contributed by atoms with Gasteiger partial charge >= 0.3 is 0 Å². The molecule has 1 aromatic rings. The van der Waals surface area contributed by atoms with Crippen LogP contribution in [-0.2, 0) is 4.79 Å². The van der Waals surface area contributed by atoms with Gasteiger partial charge in [-0.15, -0.1) is 11.3 Å². The number of hydrogen-bond acceptors (Lipinski definition) is 4. The zero-order valence-corrected chi connectivity index (χ0v) is 5.76. The van der Waals surface area contributed by atoms with E-state index in [1.807, 2.05) is 0 Å². The fraction of sp³-hybridized carbons (Fsp3) is 0. The number of hydrogen-bond donors (Lipinski definition) is 1. The number of carbonyl (C=O) groups excluding carboxylic acids is 1. The highest BCUT2D eigenvalue weighted by atomic mass is 32.1. The van der Waals surface area contributed by atoms with Crippen LogP contribution < -0.4 is 0 Å². The van der Waals surface area contributed by atoms with Crippen LogP contribution >= 0.6 is 11.3 Å². The summed E-state index contributed by atoms with van der Waals surface area (Å²) in [6, 6.07) is 3.45. The van der Waals surface area contributed by atoms with Crippen LogP contribution in [0.5, 0.6) is 0 Å². The molecule has 0 spiro atoms. The van der Waals surface area contributed by atoms with E-state index in [9.17, 15) is 4.79 Å². The van der Waals surface area contributed by atoms with Crippen molar-refractivity contribution in [2.75, 3.05) is 0 Å². The van der Waals surface area contributed by atoms with Crippen LogP contribution in [-0.4, -0.2) is 17.2 Å². The van der Waals surface area contributed by atoms with Gasteiger partial charge in [-0.1, -0.05) is 11.2 Å². The highest BCUT2D eigenvalue weighted by Gasteiger charge is 2.02. The lowest BCUT2D eigenvalue weighted by Gasteiger charge is -1.84. The van der Waals surface area contributed by atoms with Crippen LogP contribution in [0.1, 0.15) is 4.88 Å². The maximum atomic E-state index is 10.0. The van der Waals surface area contributed by atoms with Crippen molar-refractivity contribution in [2.24, 2.45) is 5.16 Å². The minimum absolute atomic E-state index is 0.0463. The van der Waals surface area contributed by atoms with Gasteiger partial charge in [-0.25, -0.2) is 0 Å². The van der Waals surface area contributed by atoms with Crippen molar-refractivity contribution >= 4 is 23.3 Å². The molecule has 0 aliphatic carbocycles. The summed E-state index contributed by atoms with van der Waals surface area (Å²) in [7, 11) is 0. The molecule has 0 atom stereocenters. The highest BCUT2D eigenvalue weighted by molar-refractivity contribution is 7.12. The van der Waals surface area contributed by atoms with Gasteiger partial charge in [0.1, 0.15) is 0 Å². The maximum absolute atomic E-state index is 10.0. The summed E-state index contributed by atoms with van der Waals surface area (Å²) < 4.78 is 0. The molecule has 1 N–H and O–H groups in total. The zero-order chi connectivity index (χ0) is 7.40. The molecule has 1 rings (SSSR count). The molecule has 0 saturated carbocycles. The molecule has 0 aliphatic heterocycles. The second kappa shape index (κ2) is 3.12. The van der Waals surface area contributed by atoms with E-state index < -0.39 is 0 Å². The van der Waals surface area contributed by atoms with Gasteiger partial charge in [-0.3, -0.25) is 4.79 Å². The Bertz CT molecular complexity index is 240. The lowest BCUT2D eigenvalue weighted by Crippen LogP contribution is -1.97. The van der Waals surface area contributed by atoms with Crippen molar-refractivity contribution in [1.82, 2.24) is 0 Å². The van der Waals surface area contributed by atoms with Crippen molar-refractivity contribution in [2.45, 2.75) is 0 Å². The number of nitrogens with zero attached hydrogens (tertiary/aromatic N) is 1. The Morgan fingerprint density at radius 2 is 2.60 bits per heavy atom. The molecule has 51 valence electrons. The summed E-state index contributed by atoms with van der Waals surface area (Å²) >= 11 is 1.33. The van der Waals surface area contributed by atoms with E-state index in [1.165, 1.54) is 17.6 Å². The highest BCUT2D eigenvalue weighted by Crippen LogP contribution is 2.08. The molecule has 0 bridgehead atoms. The van der Waals surface area contributed by atoms with Gasteiger partial charge in [0.2, 0.25) is 0 Å². The van der Waals surface area contributed by atoms with Crippen LogP contribution in [0.15, 0.2) is 22.7 Å². The lowest BCUT2D eigenvalue weighted by molar-refractivity contribution is 0.320. The summed E-state index contributed by atoms with van der Waals surface area (Å²) in [6.07, 6.45) is 1.51. The minimum Gasteiger partial charge on any atom is -0.410 e. The van der Waals surface area contributed by atoms with E-state index in [0.717, 1.165) is 0 Å². The number of oxime groups is 1. The van der Waals surface area contributed by atoms with E-state index >= 15 is 0 Å². The van der Waals surface area contributed by atoms with Gasteiger partial charge in [0.05, 0.1) is 4.88 Å². The molecule has 1 aromatic heterocycles. The number of thiophene rings is 1. The third kappa shape index (κ3) is 1.22. The largest absolute Gasteiger partial charge is 0.410 e. The minimum atomic E-state index is -0.0463. The summed E-state index contributed by atoms with van der Waals surface area (Å²) in [6.45, 7) is 0. The zero-order valence-electron chi connectivity index (χ0n) is 4.94. The van der Waals surface area contributed by atoms with Gasteiger partial charge in [-0.05, 0) is 11.4 Å². The Hall–Kier alpha value is -1.16. The van der Waals surface area contributed by atoms with Gasteiger partial charge < -0.3 is 5.21 Å². The second-order valence-corrected chi connectivity index (χ2v) is 2.48. The molecule has 4 heteroatoms. The summed E-state index contributed by atoms with van der Waals surface area (Å²) in [5, 5.41) is 12.8. The maximum Gasteiger partial charge on any atom is 0.258 e. The Morgan fingerprint density at radius 3 is 3.00 bits per heavy atom. The molecule has 3 nitrogen and oxygen atoms in total. The molecule has 0 amide bonds. The molecule has 1 radical (unpaired) electrons. The summed E-state index contributed by atoms with van der Waals surface area (Å²) in [5.74, 6) is 0. The standard InChI is InChI=1S/C6H4NO2S/c8-4-5(7-9)6-2-1-3-10-6/h1-3,9H/b7-5+. The van der Waals surface area contributed by atoms with Gasteiger partial charge in [0.15, 0.2) is 5.71 Å². The average molecular weight is 154 g/mol. The Morgan fingerprint density at radius 1 is 1.80 bits per heavy atom. The van der Waals surface area contributed by atoms with Crippen molar-refractivity contribution in [3.63, 3.8) is 0 Å². The molecule has 0 aliphatic rings. The van der Waals surface area contributed by atoms with Crippen molar-refractivity contribution in [3.05, 3.63) is 22.4 Å². The van der Waals surface area contributed by atoms with E-state index in [4.69, 9.17) is 5.21 Å². The van der Waals surface area contributed by atoms with Crippen molar-refractivity contribution in [3.8, 4) is 0 Å². The van der Waals surface area contributed by atoms with Crippen LogP contribution in [0.2, 0.25) is 0 Å². The van der Waals surface area contributed by atoms with Gasteiger partial charge in [-0.2, -0.15) is 0 Å². The first kappa shape index (κ1) is 6.95. The summed E-state index contributed by atoms with van der Waals surface area (Å²) in [5.41, 5.74) is -0.0463. The monoisotopic (exact) mass is 154 g/mol. The van der Waals surface area contributed by atoms with Crippen LogP contribution in [0.25, 0.3) is 0 Å². The number of rotatable bonds is 2. The topological polar surface area (TPSA) is 49.7 Å². The lowest BCUT2D eigenvalue weighted by atomic mass is 10.3. The van der Waals surface area contributed by atoms with Crippen LogP contribution in [0.3, 0.4) is 0 Å². The normalized spacial score (nSPS) is 11.4. The first-order valence-electron chi connectivity index (χ1n) is 2.52. The van der Waals surface area contributed by atoms with Crippen molar-refractivity contribution < 1.29 is 10.0 Å². The molecule has 0 saturated heterocycles. The summed E-state index contributed by atoms with van der Waals surface area (Å²) in [4.78, 5) is 10.6. The fourth-order valence-corrected chi connectivity index (χ4v) is 1.19. The third-order valence-corrected chi connectivity index (χ3v) is 1.83. The average Bonchev–Trinajstić information content (AvgIpc) is 2.43. The van der Waals surface area contributed by atoms with E-state index in [1.54, 1.807) is 17.5 Å². The SMILES string of the molecule is O=[C]/C(=N\O)c1cccs1.